The number of nitrogens with zero attached hydrogens (tertiary/aromatic N) is 1. The summed E-state index contributed by atoms with van der Waals surface area (Å²) in [5.41, 5.74) is 0. The maximum Gasteiger partial charge on any atom is 0.151 e. The number of rotatable bonds is 8. The van der Waals surface area contributed by atoms with Crippen LogP contribution in [0.3, 0.4) is 0 Å². The van der Waals surface area contributed by atoms with E-state index in [1.165, 1.54) is 0 Å². The number of nitrogens with one attached hydrogen (secondary N) is 1. The molecule has 0 spiro atoms. The van der Waals surface area contributed by atoms with Gasteiger partial charge in [0.15, 0.2) is 9.84 Å². The first-order valence-corrected chi connectivity index (χ1v) is 8.43. The van der Waals surface area contributed by atoms with Gasteiger partial charge in [0.2, 0.25) is 0 Å². The first kappa shape index (κ1) is 15.9. The second-order valence-electron chi connectivity index (χ2n) is 5.18. The Balaban J connectivity index is 2.22. The lowest BCUT2D eigenvalue weighted by Crippen LogP contribution is -2.41. The zero-order chi connectivity index (χ0) is 13.6. The lowest BCUT2D eigenvalue weighted by Gasteiger charge is -2.26. The van der Waals surface area contributed by atoms with E-state index in [0.717, 1.165) is 32.7 Å². The molecule has 1 N–H and O–H groups in total. The van der Waals surface area contributed by atoms with Crippen LogP contribution in [0.1, 0.15) is 20.3 Å². The summed E-state index contributed by atoms with van der Waals surface area (Å²) in [4.78, 5) is 2.33. The number of sulfone groups is 1. The molecule has 1 atom stereocenters. The van der Waals surface area contributed by atoms with Crippen molar-refractivity contribution < 1.29 is 13.2 Å². The lowest BCUT2D eigenvalue weighted by atomic mass is 10.2. The molecule has 5 nitrogen and oxygen atoms in total. The SMILES string of the molecule is COCCN(CCNC1CCS(=O)(=O)C1)C(C)C. The van der Waals surface area contributed by atoms with Crippen LogP contribution >= 0.6 is 0 Å². The van der Waals surface area contributed by atoms with E-state index in [0.29, 0.717) is 17.5 Å². The smallest absolute Gasteiger partial charge is 0.151 e. The molecule has 1 fully saturated rings. The van der Waals surface area contributed by atoms with E-state index < -0.39 is 9.84 Å². The van der Waals surface area contributed by atoms with Gasteiger partial charge in [-0.1, -0.05) is 0 Å². The van der Waals surface area contributed by atoms with Gasteiger partial charge in [-0.25, -0.2) is 8.42 Å². The van der Waals surface area contributed by atoms with Crippen LogP contribution in [0, 0.1) is 0 Å². The number of hydrogen-bond donors (Lipinski definition) is 1. The van der Waals surface area contributed by atoms with Crippen LogP contribution < -0.4 is 5.32 Å². The van der Waals surface area contributed by atoms with Crippen LogP contribution in [-0.4, -0.2) is 70.3 Å². The third kappa shape index (κ3) is 5.65. The van der Waals surface area contributed by atoms with Gasteiger partial charge in [0.05, 0.1) is 18.1 Å². The molecule has 1 unspecified atom stereocenters. The van der Waals surface area contributed by atoms with Crippen LogP contribution in [-0.2, 0) is 14.6 Å². The fourth-order valence-corrected chi connectivity index (χ4v) is 3.91. The second-order valence-corrected chi connectivity index (χ2v) is 7.41. The minimum Gasteiger partial charge on any atom is -0.383 e. The van der Waals surface area contributed by atoms with Gasteiger partial charge >= 0.3 is 0 Å². The largest absolute Gasteiger partial charge is 0.383 e. The van der Waals surface area contributed by atoms with E-state index in [9.17, 15) is 8.42 Å². The van der Waals surface area contributed by atoms with Crippen molar-refractivity contribution in [1.29, 1.82) is 0 Å². The van der Waals surface area contributed by atoms with E-state index in [2.05, 4.69) is 24.1 Å². The van der Waals surface area contributed by atoms with Gasteiger partial charge in [0, 0.05) is 38.8 Å². The van der Waals surface area contributed by atoms with Crippen molar-refractivity contribution in [3.8, 4) is 0 Å². The molecule has 1 aliphatic rings. The highest BCUT2D eigenvalue weighted by Gasteiger charge is 2.27. The first-order chi connectivity index (χ1) is 8.44. The lowest BCUT2D eigenvalue weighted by molar-refractivity contribution is 0.129. The molecule has 1 saturated heterocycles. The number of hydrogen-bond acceptors (Lipinski definition) is 5. The molecule has 0 amide bonds. The molecule has 1 heterocycles. The molecule has 6 heteroatoms. The van der Waals surface area contributed by atoms with Gasteiger partial charge < -0.3 is 10.1 Å². The van der Waals surface area contributed by atoms with Crippen molar-refractivity contribution in [3.05, 3.63) is 0 Å². The Hall–Kier alpha value is -0.170. The van der Waals surface area contributed by atoms with Crippen LogP contribution in [0.25, 0.3) is 0 Å². The summed E-state index contributed by atoms with van der Waals surface area (Å²) in [5, 5.41) is 3.34. The Morgan fingerprint density at radius 3 is 2.61 bits per heavy atom. The molecular weight excluding hydrogens is 252 g/mol. The Bertz CT molecular complexity index is 330. The van der Waals surface area contributed by atoms with Crippen LogP contribution in [0.15, 0.2) is 0 Å². The third-order valence-corrected chi connectivity index (χ3v) is 5.15. The van der Waals surface area contributed by atoms with Crippen LogP contribution in [0.2, 0.25) is 0 Å². The average molecular weight is 278 g/mol. The molecule has 18 heavy (non-hydrogen) atoms. The van der Waals surface area contributed by atoms with Crippen molar-refractivity contribution >= 4 is 9.84 Å². The molecule has 0 aromatic rings. The molecule has 1 rings (SSSR count). The highest BCUT2D eigenvalue weighted by molar-refractivity contribution is 7.91. The van der Waals surface area contributed by atoms with E-state index in [1.54, 1.807) is 7.11 Å². The maximum absolute atomic E-state index is 11.3. The standard InChI is InChI=1S/C12H26N2O3S/c1-11(2)14(7-8-17-3)6-5-13-12-4-9-18(15,16)10-12/h11-13H,4-10H2,1-3H3. The minimum absolute atomic E-state index is 0.145. The van der Waals surface area contributed by atoms with Crippen molar-refractivity contribution in [2.45, 2.75) is 32.4 Å². The monoisotopic (exact) mass is 278 g/mol. The zero-order valence-corrected chi connectivity index (χ0v) is 12.5. The van der Waals surface area contributed by atoms with Crippen molar-refractivity contribution in [3.63, 3.8) is 0 Å². The summed E-state index contributed by atoms with van der Waals surface area (Å²) in [7, 11) is -1.06. The molecule has 0 bridgehead atoms. The summed E-state index contributed by atoms with van der Waals surface area (Å²) >= 11 is 0. The van der Waals surface area contributed by atoms with Gasteiger partial charge in [-0.15, -0.1) is 0 Å². The summed E-state index contributed by atoms with van der Waals surface area (Å²) in [6, 6.07) is 0.626. The van der Waals surface area contributed by atoms with Gasteiger partial charge in [-0.2, -0.15) is 0 Å². The van der Waals surface area contributed by atoms with Crippen LogP contribution in [0.4, 0.5) is 0 Å². The topological polar surface area (TPSA) is 58.6 Å². The third-order valence-electron chi connectivity index (χ3n) is 3.38. The molecule has 108 valence electrons. The fourth-order valence-electron chi connectivity index (χ4n) is 2.21. The molecule has 0 aromatic heterocycles. The Labute approximate surface area is 111 Å². The van der Waals surface area contributed by atoms with E-state index in [1.807, 2.05) is 0 Å². The van der Waals surface area contributed by atoms with E-state index in [4.69, 9.17) is 4.74 Å². The Kier molecular flexibility index (Phi) is 6.55. The number of methoxy groups -OCH3 is 1. The number of ether oxygens (including phenoxy) is 1. The van der Waals surface area contributed by atoms with Gasteiger partial charge in [-0.3, -0.25) is 4.90 Å². The van der Waals surface area contributed by atoms with Gasteiger partial charge in [0.25, 0.3) is 0 Å². The van der Waals surface area contributed by atoms with E-state index >= 15 is 0 Å². The van der Waals surface area contributed by atoms with Gasteiger partial charge in [-0.05, 0) is 20.3 Å². The Morgan fingerprint density at radius 1 is 1.39 bits per heavy atom. The predicted octanol–water partition coefficient (Wildman–Crippen LogP) is 0.120. The van der Waals surface area contributed by atoms with Crippen molar-refractivity contribution in [1.82, 2.24) is 10.2 Å². The van der Waals surface area contributed by atoms with Gasteiger partial charge in [0.1, 0.15) is 0 Å². The second kappa shape index (κ2) is 7.43. The van der Waals surface area contributed by atoms with E-state index in [-0.39, 0.29) is 6.04 Å². The zero-order valence-electron chi connectivity index (χ0n) is 11.7. The molecule has 0 radical (unpaired) electrons. The molecule has 0 saturated carbocycles. The van der Waals surface area contributed by atoms with Crippen LogP contribution in [0.5, 0.6) is 0 Å². The minimum atomic E-state index is -2.77. The molecule has 0 aromatic carbocycles. The molecular formula is C12H26N2O3S. The summed E-state index contributed by atoms with van der Waals surface area (Å²) in [6.45, 7) is 7.74. The highest BCUT2D eigenvalue weighted by atomic mass is 32.2. The average Bonchev–Trinajstić information content (AvgIpc) is 2.62. The summed E-state index contributed by atoms with van der Waals surface area (Å²) in [5.74, 6) is 0.634. The van der Waals surface area contributed by atoms with Crippen molar-refractivity contribution in [2.24, 2.45) is 0 Å². The predicted molar refractivity (Wildman–Crippen MR) is 73.6 cm³/mol. The highest BCUT2D eigenvalue weighted by Crippen LogP contribution is 2.10. The normalized spacial score (nSPS) is 23.1. The maximum atomic E-state index is 11.3. The summed E-state index contributed by atoms with van der Waals surface area (Å²) < 4.78 is 27.7. The molecule has 1 aliphatic heterocycles. The quantitative estimate of drug-likeness (QED) is 0.683. The van der Waals surface area contributed by atoms with Crippen molar-refractivity contribution in [2.75, 3.05) is 44.9 Å². The first-order valence-electron chi connectivity index (χ1n) is 6.61. The Morgan fingerprint density at radius 2 is 2.11 bits per heavy atom. The molecule has 0 aliphatic carbocycles. The fraction of sp³-hybridized carbons (Fsp3) is 1.00. The summed E-state index contributed by atoms with van der Waals surface area (Å²) in [6.07, 6.45) is 0.752.